The van der Waals surface area contributed by atoms with Gasteiger partial charge < -0.3 is 0 Å². The molecule has 2 bridgehead atoms. The zero-order chi connectivity index (χ0) is 11.5. The van der Waals surface area contributed by atoms with Crippen molar-refractivity contribution in [2.75, 3.05) is 0 Å². The van der Waals surface area contributed by atoms with Crippen LogP contribution >= 0.6 is 0 Å². The Hall–Kier alpha value is -1.04. The summed E-state index contributed by atoms with van der Waals surface area (Å²) in [6.07, 6.45) is 9.90. The molecule has 2 saturated carbocycles. The van der Waals surface area contributed by atoms with Crippen molar-refractivity contribution in [2.45, 2.75) is 44.9 Å². The molecule has 1 atom stereocenters. The third-order valence-electron chi connectivity index (χ3n) is 5.47. The fourth-order valence-corrected chi connectivity index (χ4v) is 4.60. The highest BCUT2D eigenvalue weighted by molar-refractivity contribution is 5.78. The number of fused-ring (bicyclic) bond motifs is 3. The Morgan fingerprint density at radius 3 is 2.59 bits per heavy atom. The molecule has 0 spiro atoms. The fraction of sp³-hybridized carbons (Fsp3) is 0.529. The first-order valence-electron chi connectivity index (χ1n) is 7.10. The molecule has 4 rings (SSSR count). The van der Waals surface area contributed by atoms with Crippen molar-refractivity contribution in [1.82, 2.24) is 0 Å². The van der Waals surface area contributed by atoms with Crippen molar-refractivity contribution < 1.29 is 0 Å². The fourth-order valence-electron chi connectivity index (χ4n) is 4.60. The molecule has 0 saturated heterocycles. The van der Waals surface area contributed by atoms with E-state index in [2.05, 4.69) is 37.3 Å². The topological polar surface area (TPSA) is 0 Å². The predicted molar refractivity (Wildman–Crippen MR) is 71.8 cm³/mol. The molecule has 0 radical (unpaired) electrons. The first kappa shape index (κ1) is 9.94. The van der Waals surface area contributed by atoms with E-state index >= 15 is 0 Å². The molecule has 88 valence electrons. The minimum absolute atomic E-state index is 0.575. The first-order chi connectivity index (χ1) is 8.28. The van der Waals surface area contributed by atoms with Crippen molar-refractivity contribution >= 4 is 5.57 Å². The van der Waals surface area contributed by atoms with Crippen LogP contribution < -0.4 is 0 Å². The van der Waals surface area contributed by atoms with Gasteiger partial charge in [-0.05, 0) is 60.1 Å². The molecular formula is C17H20. The van der Waals surface area contributed by atoms with Crippen LogP contribution in [0.4, 0.5) is 0 Å². The van der Waals surface area contributed by atoms with E-state index in [1.165, 1.54) is 32.1 Å². The van der Waals surface area contributed by atoms with E-state index in [4.69, 9.17) is 0 Å². The normalized spacial score (nSPS) is 38.3. The summed E-state index contributed by atoms with van der Waals surface area (Å²) < 4.78 is 0. The zero-order valence-electron chi connectivity index (χ0n) is 10.6. The number of rotatable bonds is 1. The van der Waals surface area contributed by atoms with Crippen LogP contribution in [0.3, 0.4) is 0 Å². The number of hydrogen-bond acceptors (Lipinski definition) is 0. The summed E-state index contributed by atoms with van der Waals surface area (Å²) in [5.74, 6) is 1.68. The lowest BCUT2D eigenvalue weighted by atomic mass is 9.75. The van der Waals surface area contributed by atoms with Gasteiger partial charge in [0.05, 0.1) is 0 Å². The number of benzene rings is 1. The zero-order valence-corrected chi connectivity index (χ0v) is 10.6. The van der Waals surface area contributed by atoms with Gasteiger partial charge in [-0.3, -0.25) is 0 Å². The maximum atomic E-state index is 2.57. The second-order valence-corrected chi connectivity index (χ2v) is 6.38. The summed E-state index contributed by atoms with van der Waals surface area (Å²) in [5, 5.41) is 0. The molecule has 0 aliphatic heterocycles. The van der Waals surface area contributed by atoms with E-state index in [0.717, 1.165) is 5.92 Å². The van der Waals surface area contributed by atoms with E-state index in [9.17, 15) is 0 Å². The molecule has 0 aromatic heterocycles. The third kappa shape index (κ3) is 1.24. The van der Waals surface area contributed by atoms with Gasteiger partial charge in [0.1, 0.15) is 0 Å². The van der Waals surface area contributed by atoms with Gasteiger partial charge in [-0.1, -0.05) is 37.3 Å². The van der Waals surface area contributed by atoms with Gasteiger partial charge in [-0.25, -0.2) is 0 Å². The summed E-state index contributed by atoms with van der Waals surface area (Å²) in [7, 11) is 0. The van der Waals surface area contributed by atoms with Gasteiger partial charge in [-0.15, -0.1) is 0 Å². The van der Waals surface area contributed by atoms with Crippen molar-refractivity contribution in [3.63, 3.8) is 0 Å². The molecule has 1 unspecified atom stereocenters. The van der Waals surface area contributed by atoms with Crippen molar-refractivity contribution in [1.29, 1.82) is 0 Å². The highest BCUT2D eigenvalue weighted by atomic mass is 14.5. The van der Waals surface area contributed by atoms with E-state index in [1.54, 1.807) is 16.7 Å². The molecular weight excluding hydrogens is 204 g/mol. The van der Waals surface area contributed by atoms with E-state index in [0.29, 0.717) is 11.3 Å². The van der Waals surface area contributed by atoms with Gasteiger partial charge in [0.15, 0.2) is 0 Å². The van der Waals surface area contributed by atoms with Crippen LogP contribution in [-0.4, -0.2) is 0 Å². The molecule has 0 amide bonds. The lowest BCUT2D eigenvalue weighted by Gasteiger charge is -2.29. The number of hydrogen-bond donors (Lipinski definition) is 0. The van der Waals surface area contributed by atoms with Crippen molar-refractivity contribution in [2.24, 2.45) is 11.3 Å². The van der Waals surface area contributed by atoms with Crippen LogP contribution in [0.25, 0.3) is 5.57 Å². The summed E-state index contributed by atoms with van der Waals surface area (Å²) >= 11 is 0. The Kier molecular flexibility index (Phi) is 1.90. The van der Waals surface area contributed by atoms with Crippen molar-refractivity contribution in [3.8, 4) is 0 Å². The van der Waals surface area contributed by atoms with Crippen molar-refractivity contribution in [3.05, 3.63) is 41.5 Å². The monoisotopic (exact) mass is 224 g/mol. The van der Waals surface area contributed by atoms with Gasteiger partial charge in [0.25, 0.3) is 0 Å². The van der Waals surface area contributed by atoms with Crippen LogP contribution in [0.5, 0.6) is 0 Å². The molecule has 3 aliphatic rings. The van der Waals surface area contributed by atoms with Crippen LogP contribution in [0, 0.1) is 11.3 Å². The maximum absolute atomic E-state index is 2.57. The lowest BCUT2D eigenvalue weighted by molar-refractivity contribution is 0.399. The molecule has 2 fully saturated rings. The minimum Gasteiger partial charge on any atom is -0.0729 e. The van der Waals surface area contributed by atoms with Gasteiger partial charge in [-0.2, -0.15) is 0 Å². The second kappa shape index (κ2) is 3.25. The van der Waals surface area contributed by atoms with Crippen LogP contribution in [0.1, 0.15) is 56.1 Å². The SMILES string of the molecule is CC1C=C(C23CCC(CC2)C3)c2ccccc21. The van der Waals surface area contributed by atoms with Gasteiger partial charge in [0.2, 0.25) is 0 Å². The Labute approximate surface area is 104 Å². The summed E-state index contributed by atoms with van der Waals surface area (Å²) in [6, 6.07) is 9.07. The van der Waals surface area contributed by atoms with E-state index in [-0.39, 0.29) is 0 Å². The predicted octanol–water partition coefficient (Wildman–Crippen LogP) is 4.77. The molecule has 17 heavy (non-hydrogen) atoms. The largest absolute Gasteiger partial charge is 0.0729 e. The molecule has 3 aliphatic carbocycles. The molecule has 1 aromatic carbocycles. The lowest BCUT2D eigenvalue weighted by Crippen LogP contribution is -2.15. The van der Waals surface area contributed by atoms with Crippen LogP contribution in [-0.2, 0) is 0 Å². The highest BCUT2D eigenvalue weighted by Crippen LogP contribution is 2.62. The van der Waals surface area contributed by atoms with E-state index in [1.807, 2.05) is 0 Å². The second-order valence-electron chi connectivity index (χ2n) is 6.38. The van der Waals surface area contributed by atoms with Gasteiger partial charge >= 0.3 is 0 Å². The minimum atomic E-state index is 0.575. The Morgan fingerprint density at radius 1 is 1.12 bits per heavy atom. The van der Waals surface area contributed by atoms with Gasteiger partial charge in [0, 0.05) is 5.92 Å². The smallest absolute Gasteiger partial charge is 0.000184 e. The molecule has 0 heterocycles. The number of allylic oxidation sites excluding steroid dienone is 2. The molecule has 0 N–H and O–H groups in total. The average Bonchev–Trinajstić information content (AvgIpc) is 3.03. The first-order valence-corrected chi connectivity index (χ1v) is 7.10. The van der Waals surface area contributed by atoms with E-state index < -0.39 is 0 Å². The summed E-state index contributed by atoms with van der Waals surface area (Å²) in [6.45, 7) is 2.35. The summed E-state index contributed by atoms with van der Waals surface area (Å²) in [5.41, 5.74) is 5.42. The third-order valence-corrected chi connectivity index (χ3v) is 5.47. The highest BCUT2D eigenvalue weighted by Gasteiger charge is 2.48. The Balaban J connectivity index is 1.83. The standard InChI is InChI=1S/C17H20/c1-12-10-16(15-5-3-2-4-14(12)15)17-8-6-13(11-17)7-9-17/h2-5,10,12-13H,6-9,11H2,1H3. The van der Waals surface area contributed by atoms with Crippen LogP contribution in [0.15, 0.2) is 30.3 Å². The quantitative estimate of drug-likeness (QED) is 0.644. The Morgan fingerprint density at radius 2 is 1.88 bits per heavy atom. The Bertz CT molecular complexity index is 487. The molecule has 0 nitrogen and oxygen atoms in total. The maximum Gasteiger partial charge on any atom is 0.000184 e. The summed E-state index contributed by atoms with van der Waals surface area (Å²) in [4.78, 5) is 0. The molecule has 0 heteroatoms. The average molecular weight is 224 g/mol. The molecule has 1 aromatic rings. The van der Waals surface area contributed by atoms with Crippen LogP contribution in [0.2, 0.25) is 0 Å².